The fraction of sp³-hybridized carbons (Fsp3) is 0.400. The third-order valence-electron chi connectivity index (χ3n) is 2.48. The lowest BCUT2D eigenvalue weighted by molar-refractivity contribution is 0.473. The molecule has 0 bridgehead atoms. The van der Waals surface area contributed by atoms with Crippen molar-refractivity contribution < 1.29 is 8.42 Å². The van der Waals surface area contributed by atoms with Gasteiger partial charge in [-0.25, -0.2) is 8.42 Å². The Morgan fingerprint density at radius 3 is 2.47 bits per heavy atom. The molecule has 0 amide bonds. The molecule has 0 radical (unpaired) electrons. The van der Waals surface area contributed by atoms with E-state index in [2.05, 4.69) is 5.32 Å². The SMILES string of the molecule is Cc1ccc(S(=O)(=O)N2CCNC2)cc1. The van der Waals surface area contributed by atoms with Crippen LogP contribution in [0.25, 0.3) is 0 Å². The molecule has 15 heavy (non-hydrogen) atoms. The Kier molecular flexibility index (Phi) is 2.77. The van der Waals surface area contributed by atoms with Gasteiger partial charge >= 0.3 is 0 Å². The minimum absolute atomic E-state index is 0.372. The molecule has 1 aliphatic heterocycles. The minimum atomic E-state index is -3.28. The van der Waals surface area contributed by atoms with Crippen LogP contribution in [0.4, 0.5) is 0 Å². The maximum atomic E-state index is 12.0. The monoisotopic (exact) mass is 226 g/mol. The number of nitrogens with zero attached hydrogens (tertiary/aromatic N) is 1. The van der Waals surface area contributed by atoms with E-state index in [0.717, 1.165) is 12.1 Å². The Morgan fingerprint density at radius 2 is 1.93 bits per heavy atom. The van der Waals surface area contributed by atoms with Gasteiger partial charge in [-0.15, -0.1) is 0 Å². The number of nitrogens with one attached hydrogen (secondary N) is 1. The summed E-state index contributed by atoms with van der Waals surface area (Å²) < 4.78 is 25.5. The van der Waals surface area contributed by atoms with Crippen LogP contribution >= 0.6 is 0 Å². The summed E-state index contributed by atoms with van der Waals surface area (Å²) in [6, 6.07) is 6.94. The van der Waals surface area contributed by atoms with E-state index < -0.39 is 10.0 Å². The molecule has 0 aliphatic carbocycles. The van der Waals surface area contributed by atoms with Crippen molar-refractivity contribution in [2.45, 2.75) is 11.8 Å². The standard InChI is InChI=1S/C10H14N2O2S/c1-9-2-4-10(5-3-9)15(13,14)12-7-6-11-8-12/h2-5,11H,6-8H2,1H3. The van der Waals surface area contributed by atoms with Gasteiger partial charge in [-0.05, 0) is 19.1 Å². The summed E-state index contributed by atoms with van der Waals surface area (Å²) in [7, 11) is -3.28. The van der Waals surface area contributed by atoms with Crippen molar-refractivity contribution in [1.29, 1.82) is 0 Å². The van der Waals surface area contributed by atoms with Gasteiger partial charge in [-0.2, -0.15) is 4.31 Å². The predicted octanol–water partition coefficient (Wildman–Crippen LogP) is 0.546. The smallest absolute Gasteiger partial charge is 0.244 e. The van der Waals surface area contributed by atoms with Gasteiger partial charge < -0.3 is 5.32 Å². The number of sulfonamides is 1. The lowest BCUT2D eigenvalue weighted by Crippen LogP contribution is -2.29. The largest absolute Gasteiger partial charge is 0.302 e. The maximum Gasteiger partial charge on any atom is 0.244 e. The molecule has 0 atom stereocenters. The van der Waals surface area contributed by atoms with Crippen LogP contribution < -0.4 is 5.32 Å². The molecule has 1 saturated heterocycles. The summed E-state index contributed by atoms with van der Waals surface area (Å²) in [6.07, 6.45) is 0. The molecule has 0 saturated carbocycles. The summed E-state index contributed by atoms with van der Waals surface area (Å²) in [6.45, 7) is 3.63. The molecule has 2 rings (SSSR count). The van der Waals surface area contributed by atoms with Gasteiger partial charge in [-0.1, -0.05) is 17.7 Å². The van der Waals surface area contributed by atoms with E-state index in [1.54, 1.807) is 12.1 Å². The number of benzene rings is 1. The summed E-state index contributed by atoms with van der Waals surface area (Å²) >= 11 is 0. The molecule has 5 heteroatoms. The van der Waals surface area contributed by atoms with E-state index in [-0.39, 0.29) is 0 Å². The zero-order valence-corrected chi connectivity index (χ0v) is 9.42. The summed E-state index contributed by atoms with van der Waals surface area (Å²) in [5.74, 6) is 0. The van der Waals surface area contributed by atoms with Crippen molar-refractivity contribution in [3.05, 3.63) is 29.8 Å². The van der Waals surface area contributed by atoms with E-state index in [4.69, 9.17) is 0 Å². The second kappa shape index (κ2) is 3.92. The van der Waals surface area contributed by atoms with Crippen molar-refractivity contribution in [2.75, 3.05) is 19.8 Å². The highest BCUT2D eigenvalue weighted by Crippen LogP contribution is 2.16. The Hall–Kier alpha value is -0.910. The molecule has 1 aromatic carbocycles. The van der Waals surface area contributed by atoms with Crippen LogP contribution in [0, 0.1) is 6.92 Å². The van der Waals surface area contributed by atoms with Gasteiger partial charge in [0.2, 0.25) is 10.0 Å². The summed E-state index contributed by atoms with van der Waals surface area (Å²) in [5.41, 5.74) is 1.06. The molecular weight excluding hydrogens is 212 g/mol. The van der Waals surface area contributed by atoms with Crippen LogP contribution in [-0.2, 0) is 10.0 Å². The number of aryl methyl sites for hydroxylation is 1. The zero-order valence-electron chi connectivity index (χ0n) is 8.60. The molecule has 1 fully saturated rings. The third-order valence-corrected chi connectivity index (χ3v) is 4.34. The highest BCUT2D eigenvalue weighted by Gasteiger charge is 2.26. The fourth-order valence-electron chi connectivity index (χ4n) is 1.55. The molecule has 1 heterocycles. The Bertz CT molecular complexity index is 433. The van der Waals surface area contributed by atoms with Gasteiger partial charge in [0.05, 0.1) is 11.6 Å². The fourth-order valence-corrected chi connectivity index (χ4v) is 2.92. The molecule has 1 N–H and O–H groups in total. The Balaban J connectivity index is 2.32. The number of hydrogen-bond donors (Lipinski definition) is 1. The average molecular weight is 226 g/mol. The first-order valence-electron chi connectivity index (χ1n) is 4.88. The lowest BCUT2D eigenvalue weighted by atomic mass is 10.2. The molecule has 0 spiro atoms. The van der Waals surface area contributed by atoms with Gasteiger partial charge in [0, 0.05) is 13.1 Å². The van der Waals surface area contributed by atoms with Crippen LogP contribution in [0.1, 0.15) is 5.56 Å². The van der Waals surface area contributed by atoms with E-state index in [9.17, 15) is 8.42 Å². The number of hydrogen-bond acceptors (Lipinski definition) is 3. The maximum absolute atomic E-state index is 12.0. The van der Waals surface area contributed by atoms with Crippen LogP contribution in [-0.4, -0.2) is 32.5 Å². The third kappa shape index (κ3) is 2.04. The lowest BCUT2D eigenvalue weighted by Gasteiger charge is -2.14. The predicted molar refractivity (Wildman–Crippen MR) is 57.9 cm³/mol. The molecule has 1 aliphatic rings. The van der Waals surface area contributed by atoms with Crippen molar-refractivity contribution in [2.24, 2.45) is 0 Å². The molecule has 1 aromatic rings. The molecule has 82 valence electrons. The Labute approximate surface area is 90.0 Å². The second-order valence-corrected chi connectivity index (χ2v) is 5.59. The van der Waals surface area contributed by atoms with Crippen LogP contribution in [0.15, 0.2) is 29.2 Å². The topological polar surface area (TPSA) is 49.4 Å². The van der Waals surface area contributed by atoms with E-state index >= 15 is 0 Å². The average Bonchev–Trinajstić information content (AvgIpc) is 2.71. The van der Waals surface area contributed by atoms with Crippen LogP contribution in [0.5, 0.6) is 0 Å². The molecular formula is C10H14N2O2S. The highest BCUT2D eigenvalue weighted by molar-refractivity contribution is 7.89. The van der Waals surface area contributed by atoms with Crippen molar-refractivity contribution in [3.8, 4) is 0 Å². The first-order valence-corrected chi connectivity index (χ1v) is 6.32. The van der Waals surface area contributed by atoms with Crippen molar-refractivity contribution in [3.63, 3.8) is 0 Å². The Morgan fingerprint density at radius 1 is 1.27 bits per heavy atom. The van der Waals surface area contributed by atoms with Gasteiger partial charge in [0.15, 0.2) is 0 Å². The van der Waals surface area contributed by atoms with Gasteiger partial charge in [-0.3, -0.25) is 0 Å². The van der Waals surface area contributed by atoms with Crippen molar-refractivity contribution in [1.82, 2.24) is 9.62 Å². The second-order valence-electron chi connectivity index (χ2n) is 3.65. The molecule has 4 nitrogen and oxygen atoms in total. The van der Waals surface area contributed by atoms with E-state index in [1.807, 2.05) is 19.1 Å². The first-order chi connectivity index (χ1) is 7.10. The zero-order chi connectivity index (χ0) is 10.9. The van der Waals surface area contributed by atoms with Crippen LogP contribution in [0.3, 0.4) is 0 Å². The highest BCUT2D eigenvalue weighted by atomic mass is 32.2. The van der Waals surface area contributed by atoms with Gasteiger partial charge in [0.25, 0.3) is 0 Å². The normalized spacial score (nSPS) is 18.2. The number of rotatable bonds is 2. The summed E-state index contributed by atoms with van der Waals surface area (Å²) in [4.78, 5) is 0.372. The van der Waals surface area contributed by atoms with Crippen LogP contribution in [0.2, 0.25) is 0 Å². The van der Waals surface area contributed by atoms with Crippen molar-refractivity contribution >= 4 is 10.0 Å². The van der Waals surface area contributed by atoms with E-state index in [1.165, 1.54) is 4.31 Å². The summed E-state index contributed by atoms with van der Waals surface area (Å²) in [5, 5.41) is 3.01. The first kappa shape index (κ1) is 10.6. The van der Waals surface area contributed by atoms with E-state index in [0.29, 0.717) is 18.1 Å². The minimum Gasteiger partial charge on any atom is -0.302 e. The quantitative estimate of drug-likeness (QED) is 0.801. The molecule has 0 unspecified atom stereocenters. The van der Waals surface area contributed by atoms with Gasteiger partial charge in [0.1, 0.15) is 0 Å². The molecule has 0 aromatic heterocycles.